The Hall–Kier alpha value is -1.51. The highest BCUT2D eigenvalue weighted by Crippen LogP contribution is 2.28. The minimum Gasteiger partial charge on any atom is -0.421 e. The predicted octanol–water partition coefficient (Wildman–Crippen LogP) is 4.52. The number of esters is 1. The first kappa shape index (κ1) is 12.9. The van der Waals surface area contributed by atoms with Gasteiger partial charge in [0, 0.05) is 11.1 Å². The van der Waals surface area contributed by atoms with Crippen molar-refractivity contribution in [2.75, 3.05) is 0 Å². The van der Waals surface area contributed by atoms with Gasteiger partial charge in [0.25, 0.3) is 0 Å². The van der Waals surface area contributed by atoms with Gasteiger partial charge in [0.2, 0.25) is 0 Å². The first-order valence-corrected chi connectivity index (χ1v) is 6.06. The lowest BCUT2D eigenvalue weighted by Gasteiger charge is -2.07. The average Bonchev–Trinajstić information content (AvgIpc) is 2.34. The Kier molecular flexibility index (Phi) is 3.90. The predicted molar refractivity (Wildman–Crippen MR) is 72.6 cm³/mol. The van der Waals surface area contributed by atoms with Crippen molar-refractivity contribution in [1.29, 1.82) is 0 Å². The first-order valence-electron chi connectivity index (χ1n) is 5.30. The third kappa shape index (κ3) is 3.03. The van der Waals surface area contributed by atoms with Gasteiger partial charge >= 0.3 is 5.97 Å². The number of carbonyl (C=O) groups is 1. The van der Waals surface area contributed by atoms with E-state index in [-0.39, 0.29) is 5.75 Å². The van der Waals surface area contributed by atoms with Gasteiger partial charge in [-0.3, -0.25) is 0 Å². The summed E-state index contributed by atoms with van der Waals surface area (Å²) in [6, 6.07) is 11.9. The smallest absolute Gasteiger partial charge is 0.343 e. The van der Waals surface area contributed by atoms with Crippen LogP contribution in [0.1, 0.15) is 15.9 Å². The zero-order chi connectivity index (χ0) is 13.1. The van der Waals surface area contributed by atoms with Crippen molar-refractivity contribution in [3.05, 3.63) is 63.6 Å². The molecule has 0 aliphatic carbocycles. The fourth-order valence-corrected chi connectivity index (χ4v) is 1.80. The van der Waals surface area contributed by atoms with Gasteiger partial charge in [0.05, 0.1) is 10.6 Å². The molecule has 0 bridgehead atoms. The summed E-state index contributed by atoms with van der Waals surface area (Å²) in [4.78, 5) is 11.9. The fourth-order valence-electron chi connectivity index (χ4n) is 1.49. The van der Waals surface area contributed by atoms with Crippen LogP contribution in [0.5, 0.6) is 5.75 Å². The molecule has 0 spiro atoms. The van der Waals surface area contributed by atoms with Crippen LogP contribution >= 0.6 is 23.2 Å². The summed E-state index contributed by atoms with van der Waals surface area (Å²) in [5.41, 5.74) is 1.47. The summed E-state index contributed by atoms with van der Waals surface area (Å²) >= 11 is 11.7. The Morgan fingerprint density at radius 1 is 1.11 bits per heavy atom. The number of benzene rings is 2. The number of carbonyl (C=O) groups excluding carboxylic acids is 1. The molecular formula is C14H10Cl2O2. The van der Waals surface area contributed by atoms with Gasteiger partial charge in [-0.05, 0) is 31.2 Å². The summed E-state index contributed by atoms with van der Waals surface area (Å²) in [6.07, 6.45) is 0. The maximum atomic E-state index is 11.9. The molecule has 2 nitrogen and oxygen atoms in total. The summed E-state index contributed by atoms with van der Waals surface area (Å²) in [6.45, 7) is 1.91. The number of ether oxygens (including phenoxy) is 1. The quantitative estimate of drug-likeness (QED) is 0.597. The van der Waals surface area contributed by atoms with Gasteiger partial charge in [-0.25, -0.2) is 4.79 Å². The molecule has 0 aromatic heterocycles. The lowest BCUT2D eigenvalue weighted by Crippen LogP contribution is -2.08. The van der Waals surface area contributed by atoms with Crippen LogP contribution < -0.4 is 4.74 Å². The summed E-state index contributed by atoms with van der Waals surface area (Å²) < 4.78 is 5.21. The van der Waals surface area contributed by atoms with Crippen molar-refractivity contribution in [1.82, 2.24) is 0 Å². The minimum absolute atomic E-state index is 0.260. The molecule has 2 aromatic carbocycles. The molecule has 0 N–H and O–H groups in total. The topological polar surface area (TPSA) is 26.3 Å². The third-order valence-electron chi connectivity index (χ3n) is 2.35. The molecule has 0 amide bonds. The van der Waals surface area contributed by atoms with E-state index in [1.807, 2.05) is 13.0 Å². The van der Waals surface area contributed by atoms with Crippen molar-refractivity contribution < 1.29 is 9.53 Å². The van der Waals surface area contributed by atoms with Crippen LogP contribution in [0.15, 0.2) is 42.5 Å². The monoisotopic (exact) mass is 280 g/mol. The largest absolute Gasteiger partial charge is 0.421 e. The Morgan fingerprint density at radius 3 is 2.61 bits per heavy atom. The second-order valence-electron chi connectivity index (χ2n) is 3.83. The van der Waals surface area contributed by atoms with Crippen LogP contribution in [0.25, 0.3) is 0 Å². The zero-order valence-corrected chi connectivity index (χ0v) is 11.1. The average molecular weight is 281 g/mol. The second kappa shape index (κ2) is 5.42. The molecule has 0 unspecified atom stereocenters. The maximum Gasteiger partial charge on any atom is 0.343 e. The number of halogens is 2. The Labute approximate surface area is 115 Å². The fraction of sp³-hybridized carbons (Fsp3) is 0.0714. The summed E-state index contributed by atoms with van der Waals surface area (Å²) in [7, 11) is 0. The molecule has 0 atom stereocenters. The van der Waals surface area contributed by atoms with E-state index in [4.69, 9.17) is 27.9 Å². The normalized spacial score (nSPS) is 10.2. The van der Waals surface area contributed by atoms with Gasteiger partial charge in [0.15, 0.2) is 5.75 Å². The Balaban J connectivity index is 2.24. The van der Waals surface area contributed by atoms with E-state index in [0.29, 0.717) is 15.6 Å². The molecule has 0 fully saturated rings. The molecule has 92 valence electrons. The summed E-state index contributed by atoms with van der Waals surface area (Å²) in [5.74, 6) is -0.196. The molecule has 0 heterocycles. The number of hydrogen-bond acceptors (Lipinski definition) is 2. The van der Waals surface area contributed by atoms with E-state index in [0.717, 1.165) is 5.56 Å². The molecule has 0 saturated carbocycles. The van der Waals surface area contributed by atoms with Crippen LogP contribution in [0.4, 0.5) is 0 Å². The maximum absolute atomic E-state index is 11.9. The highest BCUT2D eigenvalue weighted by atomic mass is 35.5. The van der Waals surface area contributed by atoms with Crippen LogP contribution in [0, 0.1) is 6.92 Å². The van der Waals surface area contributed by atoms with E-state index < -0.39 is 5.97 Å². The van der Waals surface area contributed by atoms with Gasteiger partial charge in [-0.1, -0.05) is 40.9 Å². The van der Waals surface area contributed by atoms with E-state index in [9.17, 15) is 4.79 Å². The lowest BCUT2D eigenvalue weighted by atomic mass is 10.1. The number of hydrogen-bond donors (Lipinski definition) is 0. The van der Waals surface area contributed by atoms with Crippen molar-refractivity contribution in [2.24, 2.45) is 0 Å². The van der Waals surface area contributed by atoms with Crippen molar-refractivity contribution in [2.45, 2.75) is 6.92 Å². The van der Waals surface area contributed by atoms with E-state index in [2.05, 4.69) is 0 Å². The lowest BCUT2D eigenvalue weighted by molar-refractivity contribution is 0.0735. The third-order valence-corrected chi connectivity index (χ3v) is 2.90. The summed E-state index contributed by atoms with van der Waals surface area (Å²) in [5, 5.41) is 0.812. The minimum atomic E-state index is -0.456. The van der Waals surface area contributed by atoms with Crippen LogP contribution in [-0.4, -0.2) is 5.97 Å². The highest BCUT2D eigenvalue weighted by Gasteiger charge is 2.11. The Bertz CT molecular complexity index is 594. The van der Waals surface area contributed by atoms with Crippen molar-refractivity contribution in [3.63, 3.8) is 0 Å². The molecule has 2 rings (SSSR count). The molecule has 0 aliphatic heterocycles. The standard InChI is InChI=1S/C14H10Cl2O2/c1-9-3-2-4-10(7-9)14(17)18-13-8-11(15)5-6-12(13)16/h2-8H,1H3. The van der Waals surface area contributed by atoms with Crippen molar-refractivity contribution >= 4 is 29.2 Å². The van der Waals surface area contributed by atoms with Gasteiger partial charge in [-0.15, -0.1) is 0 Å². The van der Waals surface area contributed by atoms with Crippen LogP contribution in [0.2, 0.25) is 10.0 Å². The van der Waals surface area contributed by atoms with Gasteiger partial charge in [0.1, 0.15) is 0 Å². The molecule has 0 aliphatic rings. The van der Waals surface area contributed by atoms with E-state index in [1.54, 1.807) is 30.3 Å². The van der Waals surface area contributed by atoms with Crippen LogP contribution in [0.3, 0.4) is 0 Å². The number of rotatable bonds is 2. The zero-order valence-electron chi connectivity index (χ0n) is 9.61. The SMILES string of the molecule is Cc1cccc(C(=O)Oc2cc(Cl)ccc2Cl)c1. The molecule has 0 radical (unpaired) electrons. The molecular weight excluding hydrogens is 271 g/mol. The molecule has 4 heteroatoms. The number of aryl methyl sites for hydroxylation is 1. The Morgan fingerprint density at radius 2 is 1.89 bits per heavy atom. The molecule has 0 saturated heterocycles. The highest BCUT2D eigenvalue weighted by molar-refractivity contribution is 6.34. The van der Waals surface area contributed by atoms with Crippen molar-refractivity contribution in [3.8, 4) is 5.75 Å². The first-order chi connectivity index (χ1) is 8.56. The van der Waals surface area contributed by atoms with Gasteiger partial charge in [-0.2, -0.15) is 0 Å². The van der Waals surface area contributed by atoms with E-state index >= 15 is 0 Å². The molecule has 2 aromatic rings. The second-order valence-corrected chi connectivity index (χ2v) is 4.68. The van der Waals surface area contributed by atoms with E-state index in [1.165, 1.54) is 6.07 Å². The van der Waals surface area contributed by atoms with Crippen LogP contribution in [-0.2, 0) is 0 Å². The molecule has 18 heavy (non-hydrogen) atoms. The van der Waals surface area contributed by atoms with Gasteiger partial charge < -0.3 is 4.74 Å².